The highest BCUT2D eigenvalue weighted by Crippen LogP contribution is 2.44. The molecule has 1 aromatic carbocycles. The van der Waals surface area contributed by atoms with Gasteiger partial charge in [-0.15, -0.1) is 0 Å². The molecule has 2 nitrogen and oxygen atoms in total. The van der Waals surface area contributed by atoms with Gasteiger partial charge in [-0.1, -0.05) is 19.1 Å². The van der Waals surface area contributed by atoms with E-state index in [2.05, 4.69) is 55.3 Å². The number of nitrogens with zero attached hydrogens (tertiary/aromatic N) is 1. The summed E-state index contributed by atoms with van der Waals surface area (Å²) < 4.78 is 0. The summed E-state index contributed by atoms with van der Waals surface area (Å²) in [6, 6.07) is 8.97. The third-order valence-electron chi connectivity index (χ3n) is 4.05. The average molecular weight is 246 g/mol. The highest BCUT2D eigenvalue weighted by atomic mass is 15.1. The Bertz CT molecular complexity index is 361. The minimum absolute atomic E-state index is 0.598. The van der Waals surface area contributed by atoms with Crippen LogP contribution in [-0.2, 0) is 6.54 Å². The van der Waals surface area contributed by atoms with Gasteiger partial charge in [0.1, 0.15) is 0 Å². The third-order valence-corrected chi connectivity index (χ3v) is 4.05. The van der Waals surface area contributed by atoms with Crippen LogP contribution >= 0.6 is 0 Å². The largest absolute Gasteiger partial charge is 0.372 e. The van der Waals surface area contributed by atoms with Gasteiger partial charge in [0.2, 0.25) is 0 Å². The molecule has 100 valence electrons. The number of anilines is 1. The second-order valence-corrected chi connectivity index (χ2v) is 5.75. The first-order valence-electron chi connectivity index (χ1n) is 7.21. The van der Waals surface area contributed by atoms with Crippen LogP contribution in [0.2, 0.25) is 0 Å². The summed E-state index contributed by atoms with van der Waals surface area (Å²) in [5.74, 6) is 0. The average Bonchev–Trinajstić information content (AvgIpc) is 3.11. The molecule has 1 saturated carbocycles. The van der Waals surface area contributed by atoms with Gasteiger partial charge in [-0.25, -0.2) is 0 Å². The van der Waals surface area contributed by atoms with Crippen LogP contribution in [0.1, 0.15) is 39.2 Å². The van der Waals surface area contributed by atoms with Crippen LogP contribution in [0.25, 0.3) is 0 Å². The molecule has 0 aliphatic heterocycles. The molecule has 1 N–H and O–H groups in total. The first-order valence-corrected chi connectivity index (χ1v) is 7.21. The standard InChI is InChI=1S/C16H26N2/c1-4-18(5-2)15-8-6-14(7-9-15)12-17-13-16(3)10-11-16/h6-9,17H,4-5,10-13H2,1-3H3. The first-order chi connectivity index (χ1) is 8.67. The summed E-state index contributed by atoms with van der Waals surface area (Å²) in [6.07, 6.45) is 2.78. The van der Waals surface area contributed by atoms with Gasteiger partial charge in [-0.3, -0.25) is 0 Å². The summed E-state index contributed by atoms with van der Waals surface area (Å²) in [7, 11) is 0. The summed E-state index contributed by atoms with van der Waals surface area (Å²) in [6.45, 7) is 11.1. The zero-order chi connectivity index (χ0) is 13.0. The van der Waals surface area contributed by atoms with E-state index >= 15 is 0 Å². The molecule has 1 fully saturated rings. The van der Waals surface area contributed by atoms with Gasteiger partial charge < -0.3 is 10.2 Å². The highest BCUT2D eigenvalue weighted by Gasteiger charge is 2.36. The molecular weight excluding hydrogens is 220 g/mol. The SMILES string of the molecule is CCN(CC)c1ccc(CNCC2(C)CC2)cc1. The molecule has 1 aliphatic rings. The second kappa shape index (κ2) is 5.75. The summed E-state index contributed by atoms with van der Waals surface area (Å²) in [5.41, 5.74) is 3.31. The topological polar surface area (TPSA) is 15.3 Å². The fraction of sp³-hybridized carbons (Fsp3) is 0.625. The number of benzene rings is 1. The summed E-state index contributed by atoms with van der Waals surface area (Å²) in [5, 5.41) is 3.57. The van der Waals surface area contributed by atoms with E-state index in [1.807, 2.05) is 0 Å². The predicted molar refractivity (Wildman–Crippen MR) is 79.1 cm³/mol. The van der Waals surface area contributed by atoms with Crippen molar-refractivity contribution < 1.29 is 0 Å². The van der Waals surface area contributed by atoms with Crippen molar-refractivity contribution in [3.05, 3.63) is 29.8 Å². The predicted octanol–water partition coefficient (Wildman–Crippen LogP) is 3.42. The lowest BCUT2D eigenvalue weighted by atomic mass is 10.1. The van der Waals surface area contributed by atoms with E-state index in [1.165, 1.54) is 24.1 Å². The van der Waals surface area contributed by atoms with Crippen molar-refractivity contribution in [1.29, 1.82) is 0 Å². The van der Waals surface area contributed by atoms with Crippen LogP contribution in [0.4, 0.5) is 5.69 Å². The van der Waals surface area contributed by atoms with Crippen molar-refractivity contribution in [2.75, 3.05) is 24.5 Å². The molecule has 0 radical (unpaired) electrons. The smallest absolute Gasteiger partial charge is 0.0366 e. The molecule has 0 atom stereocenters. The van der Waals surface area contributed by atoms with Gasteiger partial charge in [0.05, 0.1) is 0 Å². The van der Waals surface area contributed by atoms with Crippen molar-refractivity contribution in [3.8, 4) is 0 Å². The third kappa shape index (κ3) is 3.49. The zero-order valence-electron chi connectivity index (χ0n) is 12.0. The van der Waals surface area contributed by atoms with E-state index in [1.54, 1.807) is 0 Å². The lowest BCUT2D eigenvalue weighted by Gasteiger charge is -2.21. The van der Waals surface area contributed by atoms with Crippen molar-refractivity contribution in [2.45, 2.75) is 40.2 Å². The molecule has 0 spiro atoms. The molecule has 0 aromatic heterocycles. The Kier molecular flexibility index (Phi) is 4.28. The molecule has 0 bridgehead atoms. The second-order valence-electron chi connectivity index (χ2n) is 5.75. The van der Waals surface area contributed by atoms with Crippen LogP contribution in [-0.4, -0.2) is 19.6 Å². The van der Waals surface area contributed by atoms with E-state index in [-0.39, 0.29) is 0 Å². The van der Waals surface area contributed by atoms with Crippen molar-refractivity contribution in [3.63, 3.8) is 0 Å². The van der Waals surface area contributed by atoms with Crippen LogP contribution in [0.15, 0.2) is 24.3 Å². The van der Waals surface area contributed by atoms with Gasteiger partial charge in [0.15, 0.2) is 0 Å². The molecule has 0 saturated heterocycles. The summed E-state index contributed by atoms with van der Waals surface area (Å²) >= 11 is 0. The van der Waals surface area contributed by atoms with E-state index in [0.717, 1.165) is 26.2 Å². The van der Waals surface area contributed by atoms with Gasteiger partial charge >= 0.3 is 0 Å². The molecular formula is C16H26N2. The Labute approximate surface area is 111 Å². The van der Waals surface area contributed by atoms with Crippen LogP contribution in [0, 0.1) is 5.41 Å². The van der Waals surface area contributed by atoms with E-state index in [0.29, 0.717) is 5.41 Å². The Morgan fingerprint density at radius 1 is 1.11 bits per heavy atom. The molecule has 1 aliphatic carbocycles. The van der Waals surface area contributed by atoms with Crippen molar-refractivity contribution in [1.82, 2.24) is 5.32 Å². The van der Waals surface area contributed by atoms with E-state index in [9.17, 15) is 0 Å². The van der Waals surface area contributed by atoms with E-state index in [4.69, 9.17) is 0 Å². The Balaban J connectivity index is 1.83. The van der Waals surface area contributed by atoms with Crippen LogP contribution in [0.5, 0.6) is 0 Å². The van der Waals surface area contributed by atoms with Crippen LogP contribution in [0.3, 0.4) is 0 Å². The Morgan fingerprint density at radius 3 is 2.22 bits per heavy atom. The summed E-state index contributed by atoms with van der Waals surface area (Å²) in [4.78, 5) is 2.38. The quantitative estimate of drug-likeness (QED) is 0.793. The molecule has 0 amide bonds. The fourth-order valence-corrected chi connectivity index (χ4v) is 2.31. The van der Waals surface area contributed by atoms with Gasteiger partial charge in [-0.05, 0) is 49.8 Å². The van der Waals surface area contributed by atoms with Crippen molar-refractivity contribution >= 4 is 5.69 Å². The van der Waals surface area contributed by atoms with Crippen LogP contribution < -0.4 is 10.2 Å². The monoisotopic (exact) mass is 246 g/mol. The maximum absolute atomic E-state index is 3.57. The molecule has 2 heteroatoms. The lowest BCUT2D eigenvalue weighted by molar-refractivity contribution is 0.499. The van der Waals surface area contributed by atoms with Gasteiger partial charge in [-0.2, -0.15) is 0 Å². The fourth-order valence-electron chi connectivity index (χ4n) is 2.31. The first kappa shape index (κ1) is 13.4. The lowest BCUT2D eigenvalue weighted by Crippen LogP contribution is -2.22. The van der Waals surface area contributed by atoms with Crippen molar-refractivity contribution in [2.24, 2.45) is 5.41 Å². The van der Waals surface area contributed by atoms with E-state index < -0.39 is 0 Å². The Hall–Kier alpha value is -1.02. The molecule has 2 rings (SSSR count). The zero-order valence-corrected chi connectivity index (χ0v) is 12.0. The minimum atomic E-state index is 0.598. The number of hydrogen-bond acceptors (Lipinski definition) is 2. The van der Waals surface area contributed by atoms with Gasteiger partial charge in [0.25, 0.3) is 0 Å². The number of hydrogen-bond donors (Lipinski definition) is 1. The maximum Gasteiger partial charge on any atom is 0.0366 e. The molecule has 18 heavy (non-hydrogen) atoms. The maximum atomic E-state index is 3.57. The normalized spacial score (nSPS) is 16.6. The molecule has 0 heterocycles. The minimum Gasteiger partial charge on any atom is -0.372 e. The number of nitrogens with one attached hydrogen (secondary N) is 1. The molecule has 1 aromatic rings. The highest BCUT2D eigenvalue weighted by molar-refractivity contribution is 5.47. The number of rotatable bonds is 7. The molecule has 0 unspecified atom stereocenters. The van der Waals surface area contributed by atoms with Gasteiger partial charge in [0, 0.05) is 31.9 Å². The Morgan fingerprint density at radius 2 is 1.72 bits per heavy atom.